The molecule has 0 unspecified atom stereocenters. The fourth-order valence-electron chi connectivity index (χ4n) is 1.68. The molecule has 7 nitrogen and oxygen atoms in total. The SMILES string of the molecule is CN(Cc1cccc(Cl)c1Cl)C(=O)NNC(=O)c1cnccn1. The quantitative estimate of drug-likeness (QED) is 0.828. The lowest BCUT2D eigenvalue weighted by molar-refractivity contribution is 0.0925. The third-order valence-corrected chi connectivity index (χ3v) is 3.72. The minimum absolute atomic E-state index is 0.0911. The highest BCUT2D eigenvalue weighted by atomic mass is 35.5. The molecular formula is C14H13Cl2N5O2. The van der Waals surface area contributed by atoms with Gasteiger partial charge in [0.25, 0.3) is 5.91 Å². The number of rotatable bonds is 3. The van der Waals surface area contributed by atoms with E-state index < -0.39 is 11.9 Å². The molecular weight excluding hydrogens is 341 g/mol. The van der Waals surface area contributed by atoms with Gasteiger partial charge in [0.15, 0.2) is 0 Å². The molecule has 23 heavy (non-hydrogen) atoms. The fourth-order valence-corrected chi connectivity index (χ4v) is 2.06. The molecule has 1 heterocycles. The number of carbonyl (C=O) groups is 2. The second-order valence-corrected chi connectivity index (χ2v) is 5.33. The minimum atomic E-state index is -0.569. The van der Waals surface area contributed by atoms with Gasteiger partial charge in [-0.1, -0.05) is 35.3 Å². The standard InChI is InChI=1S/C14H13Cl2N5O2/c1-21(8-9-3-2-4-10(15)12(9)16)14(23)20-19-13(22)11-7-17-5-6-18-11/h2-7H,8H2,1H3,(H,19,22)(H,20,23). The number of hydrogen-bond donors (Lipinski definition) is 2. The molecule has 3 amide bonds. The van der Waals surface area contributed by atoms with Crippen molar-refractivity contribution in [1.82, 2.24) is 25.7 Å². The lowest BCUT2D eigenvalue weighted by Gasteiger charge is -2.19. The van der Waals surface area contributed by atoms with Crippen LogP contribution in [0.1, 0.15) is 16.1 Å². The second kappa shape index (κ2) is 7.75. The summed E-state index contributed by atoms with van der Waals surface area (Å²) >= 11 is 12.0. The topological polar surface area (TPSA) is 87.2 Å². The number of nitrogens with zero attached hydrogens (tertiary/aromatic N) is 3. The Morgan fingerprint density at radius 1 is 1.22 bits per heavy atom. The van der Waals surface area contributed by atoms with Crippen LogP contribution in [0, 0.1) is 0 Å². The number of hydrogen-bond acceptors (Lipinski definition) is 4. The first-order valence-electron chi connectivity index (χ1n) is 6.49. The zero-order valence-electron chi connectivity index (χ0n) is 12.1. The van der Waals surface area contributed by atoms with Gasteiger partial charge in [-0.25, -0.2) is 15.2 Å². The average molecular weight is 354 g/mol. The van der Waals surface area contributed by atoms with Crippen LogP contribution in [0.15, 0.2) is 36.8 Å². The number of amides is 3. The molecule has 2 rings (SSSR count). The van der Waals surface area contributed by atoms with E-state index in [0.29, 0.717) is 15.6 Å². The molecule has 0 saturated carbocycles. The van der Waals surface area contributed by atoms with Gasteiger partial charge in [0.1, 0.15) is 5.69 Å². The maximum absolute atomic E-state index is 12.0. The third-order valence-electron chi connectivity index (χ3n) is 2.86. The molecule has 0 aliphatic carbocycles. The molecule has 2 N–H and O–H groups in total. The number of hydrazine groups is 1. The Hall–Kier alpha value is -2.38. The summed E-state index contributed by atoms with van der Waals surface area (Å²) in [5, 5.41) is 0.798. The summed E-state index contributed by atoms with van der Waals surface area (Å²) in [5.41, 5.74) is 5.31. The minimum Gasteiger partial charge on any atom is -0.322 e. The first kappa shape index (κ1) is 17.0. The summed E-state index contributed by atoms with van der Waals surface area (Å²) in [7, 11) is 1.56. The van der Waals surface area contributed by atoms with Gasteiger partial charge in [-0.2, -0.15) is 0 Å². The maximum Gasteiger partial charge on any atom is 0.336 e. The summed E-state index contributed by atoms with van der Waals surface area (Å²) in [4.78, 5) is 32.6. The molecule has 0 fully saturated rings. The predicted octanol–water partition coefficient (Wildman–Crippen LogP) is 2.27. The number of aromatic nitrogens is 2. The van der Waals surface area contributed by atoms with Crippen molar-refractivity contribution in [2.75, 3.05) is 7.05 Å². The monoisotopic (exact) mass is 353 g/mol. The Bertz CT molecular complexity index is 712. The van der Waals surface area contributed by atoms with Crippen molar-refractivity contribution >= 4 is 35.1 Å². The molecule has 0 bridgehead atoms. The highest BCUT2D eigenvalue weighted by molar-refractivity contribution is 6.42. The van der Waals surface area contributed by atoms with Crippen LogP contribution < -0.4 is 10.9 Å². The van der Waals surface area contributed by atoms with Crippen LogP contribution in [-0.2, 0) is 6.54 Å². The Morgan fingerprint density at radius 3 is 2.70 bits per heavy atom. The van der Waals surface area contributed by atoms with E-state index in [1.54, 1.807) is 25.2 Å². The number of urea groups is 1. The van der Waals surface area contributed by atoms with E-state index in [4.69, 9.17) is 23.2 Å². The summed E-state index contributed by atoms with van der Waals surface area (Å²) < 4.78 is 0. The zero-order valence-corrected chi connectivity index (χ0v) is 13.6. The van der Waals surface area contributed by atoms with E-state index in [0.717, 1.165) is 0 Å². The Morgan fingerprint density at radius 2 is 2.00 bits per heavy atom. The van der Waals surface area contributed by atoms with Crippen LogP contribution in [0.5, 0.6) is 0 Å². The van der Waals surface area contributed by atoms with E-state index in [9.17, 15) is 9.59 Å². The highest BCUT2D eigenvalue weighted by Crippen LogP contribution is 2.26. The van der Waals surface area contributed by atoms with Gasteiger partial charge in [0.2, 0.25) is 0 Å². The molecule has 0 aliphatic rings. The summed E-state index contributed by atoms with van der Waals surface area (Å²) in [6.45, 7) is 0.228. The van der Waals surface area contributed by atoms with Crippen molar-refractivity contribution in [1.29, 1.82) is 0 Å². The summed E-state index contributed by atoms with van der Waals surface area (Å²) in [6.07, 6.45) is 4.11. The molecule has 0 atom stereocenters. The van der Waals surface area contributed by atoms with Crippen molar-refractivity contribution in [3.63, 3.8) is 0 Å². The number of benzene rings is 1. The van der Waals surface area contributed by atoms with E-state index >= 15 is 0 Å². The Balaban J connectivity index is 1.90. The first-order valence-corrected chi connectivity index (χ1v) is 7.25. The molecule has 1 aromatic heterocycles. The zero-order chi connectivity index (χ0) is 16.8. The first-order chi connectivity index (χ1) is 11.0. The van der Waals surface area contributed by atoms with Crippen molar-refractivity contribution in [2.24, 2.45) is 0 Å². The summed E-state index contributed by atoms with van der Waals surface area (Å²) in [5.74, 6) is -0.569. The van der Waals surface area contributed by atoms with Crippen LogP contribution >= 0.6 is 23.2 Å². The van der Waals surface area contributed by atoms with Crippen LogP contribution in [-0.4, -0.2) is 33.9 Å². The Kier molecular flexibility index (Phi) is 5.72. The van der Waals surface area contributed by atoms with Crippen LogP contribution in [0.4, 0.5) is 4.79 Å². The fraction of sp³-hybridized carbons (Fsp3) is 0.143. The lowest BCUT2D eigenvalue weighted by Crippen LogP contribution is -2.47. The average Bonchev–Trinajstić information content (AvgIpc) is 2.57. The van der Waals surface area contributed by atoms with E-state index in [1.807, 2.05) is 0 Å². The Labute approximate surface area is 142 Å². The van der Waals surface area contributed by atoms with E-state index in [2.05, 4.69) is 20.8 Å². The van der Waals surface area contributed by atoms with Crippen molar-refractivity contribution in [3.05, 3.63) is 58.1 Å². The van der Waals surface area contributed by atoms with Crippen molar-refractivity contribution in [3.8, 4) is 0 Å². The van der Waals surface area contributed by atoms with Gasteiger partial charge in [-0.15, -0.1) is 0 Å². The predicted molar refractivity (Wildman–Crippen MR) is 86.0 cm³/mol. The van der Waals surface area contributed by atoms with Gasteiger partial charge in [0, 0.05) is 26.0 Å². The largest absolute Gasteiger partial charge is 0.336 e. The van der Waals surface area contributed by atoms with Crippen LogP contribution in [0.2, 0.25) is 10.0 Å². The van der Waals surface area contributed by atoms with Gasteiger partial charge < -0.3 is 4.90 Å². The van der Waals surface area contributed by atoms with Gasteiger partial charge in [0.05, 0.1) is 16.2 Å². The van der Waals surface area contributed by atoms with Gasteiger partial charge >= 0.3 is 6.03 Å². The lowest BCUT2D eigenvalue weighted by atomic mass is 10.2. The molecule has 0 radical (unpaired) electrons. The van der Waals surface area contributed by atoms with Crippen molar-refractivity contribution in [2.45, 2.75) is 6.54 Å². The van der Waals surface area contributed by atoms with E-state index in [1.165, 1.54) is 23.5 Å². The highest BCUT2D eigenvalue weighted by Gasteiger charge is 2.14. The van der Waals surface area contributed by atoms with Crippen molar-refractivity contribution < 1.29 is 9.59 Å². The molecule has 2 aromatic rings. The molecule has 0 saturated heterocycles. The summed E-state index contributed by atoms with van der Waals surface area (Å²) in [6, 6.07) is 4.65. The number of nitrogens with one attached hydrogen (secondary N) is 2. The molecule has 0 aliphatic heterocycles. The third kappa shape index (κ3) is 4.54. The van der Waals surface area contributed by atoms with Gasteiger partial charge in [-0.05, 0) is 11.6 Å². The smallest absolute Gasteiger partial charge is 0.322 e. The number of carbonyl (C=O) groups excluding carboxylic acids is 2. The molecule has 1 aromatic carbocycles. The maximum atomic E-state index is 12.0. The molecule has 9 heteroatoms. The van der Waals surface area contributed by atoms with Crippen LogP contribution in [0.3, 0.4) is 0 Å². The van der Waals surface area contributed by atoms with Crippen LogP contribution in [0.25, 0.3) is 0 Å². The number of halogens is 2. The second-order valence-electron chi connectivity index (χ2n) is 4.54. The molecule has 0 spiro atoms. The molecule has 120 valence electrons. The normalized spacial score (nSPS) is 10.0. The van der Waals surface area contributed by atoms with Gasteiger partial charge in [-0.3, -0.25) is 15.2 Å². The van der Waals surface area contributed by atoms with E-state index in [-0.39, 0.29) is 12.2 Å².